The zero-order valence-electron chi connectivity index (χ0n) is 8.40. The average molecular weight is 206 g/mol. The van der Waals surface area contributed by atoms with Gasteiger partial charge in [0.2, 0.25) is 5.91 Å². The number of anilines is 1. The average Bonchev–Trinajstić information content (AvgIpc) is 2.16. The first-order valence-electron chi connectivity index (χ1n) is 4.95. The predicted molar refractivity (Wildman–Crippen MR) is 57.3 cm³/mol. The molecule has 0 unspecified atom stereocenters. The Bertz CT molecular complexity index is 344. The van der Waals surface area contributed by atoms with Gasteiger partial charge in [-0.05, 0) is 17.7 Å². The van der Waals surface area contributed by atoms with Crippen molar-refractivity contribution < 1.29 is 9.53 Å². The molecule has 1 amide bonds. The summed E-state index contributed by atoms with van der Waals surface area (Å²) in [6, 6.07) is 7.54. The number of nitrogen functional groups attached to an aromatic ring is 1. The third-order valence-corrected chi connectivity index (χ3v) is 2.35. The molecule has 0 aromatic heterocycles. The molecule has 1 heterocycles. The normalized spacial score (nSPS) is 15.7. The molecule has 1 fully saturated rings. The van der Waals surface area contributed by atoms with Gasteiger partial charge in [-0.2, -0.15) is 0 Å². The summed E-state index contributed by atoms with van der Waals surface area (Å²) in [6.45, 7) is 1.26. The SMILES string of the molecule is Nc1ccc(CC(=O)NC2COC2)cc1. The van der Waals surface area contributed by atoms with E-state index in [9.17, 15) is 4.79 Å². The van der Waals surface area contributed by atoms with E-state index in [1.807, 2.05) is 12.1 Å². The zero-order valence-corrected chi connectivity index (χ0v) is 8.40. The Kier molecular flexibility index (Phi) is 2.87. The Morgan fingerprint density at radius 1 is 1.40 bits per heavy atom. The maximum Gasteiger partial charge on any atom is 0.224 e. The van der Waals surface area contributed by atoms with E-state index in [2.05, 4.69) is 5.32 Å². The standard InChI is InChI=1S/C11H14N2O2/c12-9-3-1-8(2-4-9)5-11(14)13-10-6-15-7-10/h1-4,10H,5-7,12H2,(H,13,14). The van der Waals surface area contributed by atoms with Gasteiger partial charge >= 0.3 is 0 Å². The van der Waals surface area contributed by atoms with Crippen molar-refractivity contribution in [3.63, 3.8) is 0 Å². The Labute approximate surface area is 88.4 Å². The van der Waals surface area contributed by atoms with Gasteiger partial charge in [-0.3, -0.25) is 4.79 Å². The minimum absolute atomic E-state index is 0.0353. The molecule has 80 valence electrons. The summed E-state index contributed by atoms with van der Waals surface area (Å²) in [5, 5.41) is 2.88. The van der Waals surface area contributed by atoms with Crippen molar-refractivity contribution in [3.05, 3.63) is 29.8 Å². The fourth-order valence-corrected chi connectivity index (χ4v) is 1.42. The van der Waals surface area contributed by atoms with Crippen LogP contribution >= 0.6 is 0 Å². The predicted octanol–water partition coefficient (Wildman–Crippen LogP) is 0.326. The van der Waals surface area contributed by atoms with Crippen molar-refractivity contribution in [2.75, 3.05) is 18.9 Å². The third kappa shape index (κ3) is 2.70. The summed E-state index contributed by atoms with van der Waals surface area (Å²) in [4.78, 5) is 11.5. The van der Waals surface area contributed by atoms with E-state index in [1.54, 1.807) is 12.1 Å². The van der Waals surface area contributed by atoms with Crippen molar-refractivity contribution in [3.8, 4) is 0 Å². The lowest BCUT2D eigenvalue weighted by molar-refractivity contribution is -0.124. The second kappa shape index (κ2) is 4.31. The van der Waals surface area contributed by atoms with Crippen LogP contribution in [0.1, 0.15) is 5.56 Å². The second-order valence-electron chi connectivity index (χ2n) is 3.72. The number of amides is 1. The van der Waals surface area contributed by atoms with Crippen LogP contribution in [0.3, 0.4) is 0 Å². The Balaban J connectivity index is 1.84. The molecule has 1 saturated heterocycles. The molecule has 1 aliphatic heterocycles. The van der Waals surface area contributed by atoms with Gasteiger partial charge in [0.05, 0.1) is 25.7 Å². The largest absolute Gasteiger partial charge is 0.399 e. The van der Waals surface area contributed by atoms with Gasteiger partial charge < -0.3 is 15.8 Å². The number of benzene rings is 1. The molecule has 0 spiro atoms. The highest BCUT2D eigenvalue weighted by atomic mass is 16.5. The highest BCUT2D eigenvalue weighted by Gasteiger charge is 2.19. The molecule has 1 aliphatic rings. The van der Waals surface area contributed by atoms with Crippen LogP contribution in [0, 0.1) is 0 Å². The van der Waals surface area contributed by atoms with Crippen LogP contribution in [0.2, 0.25) is 0 Å². The molecular formula is C11H14N2O2. The summed E-state index contributed by atoms with van der Waals surface area (Å²) in [6.07, 6.45) is 0.400. The first kappa shape index (κ1) is 9.98. The monoisotopic (exact) mass is 206 g/mol. The van der Waals surface area contributed by atoms with Gasteiger partial charge in [0.25, 0.3) is 0 Å². The lowest BCUT2D eigenvalue weighted by atomic mass is 10.1. The van der Waals surface area contributed by atoms with E-state index in [0.717, 1.165) is 5.56 Å². The molecule has 2 rings (SSSR count). The molecule has 1 aromatic rings. The number of ether oxygens (including phenoxy) is 1. The smallest absolute Gasteiger partial charge is 0.224 e. The first-order chi connectivity index (χ1) is 7.24. The van der Waals surface area contributed by atoms with Gasteiger partial charge in [-0.1, -0.05) is 12.1 Å². The lowest BCUT2D eigenvalue weighted by Gasteiger charge is -2.26. The minimum Gasteiger partial charge on any atom is -0.399 e. The van der Waals surface area contributed by atoms with Gasteiger partial charge in [0.1, 0.15) is 0 Å². The van der Waals surface area contributed by atoms with Crippen molar-refractivity contribution in [2.24, 2.45) is 0 Å². The van der Waals surface area contributed by atoms with Crippen molar-refractivity contribution >= 4 is 11.6 Å². The fourth-order valence-electron chi connectivity index (χ4n) is 1.42. The van der Waals surface area contributed by atoms with Crippen molar-refractivity contribution in [1.82, 2.24) is 5.32 Å². The van der Waals surface area contributed by atoms with E-state index in [1.165, 1.54) is 0 Å². The molecule has 0 atom stereocenters. The van der Waals surface area contributed by atoms with Crippen molar-refractivity contribution in [2.45, 2.75) is 12.5 Å². The highest BCUT2D eigenvalue weighted by Crippen LogP contribution is 2.06. The molecule has 0 radical (unpaired) electrons. The summed E-state index contributed by atoms with van der Waals surface area (Å²) >= 11 is 0. The van der Waals surface area contributed by atoms with Crippen LogP contribution in [0.4, 0.5) is 5.69 Å². The molecule has 0 bridgehead atoms. The number of hydrogen-bond acceptors (Lipinski definition) is 3. The fraction of sp³-hybridized carbons (Fsp3) is 0.364. The Morgan fingerprint density at radius 3 is 2.60 bits per heavy atom. The van der Waals surface area contributed by atoms with Crippen LogP contribution in [-0.4, -0.2) is 25.2 Å². The van der Waals surface area contributed by atoms with Gasteiger partial charge in [-0.25, -0.2) is 0 Å². The van der Waals surface area contributed by atoms with Gasteiger partial charge in [0, 0.05) is 5.69 Å². The maximum atomic E-state index is 11.5. The van der Waals surface area contributed by atoms with Crippen LogP contribution < -0.4 is 11.1 Å². The lowest BCUT2D eigenvalue weighted by Crippen LogP contribution is -2.49. The molecule has 4 heteroatoms. The van der Waals surface area contributed by atoms with E-state index in [-0.39, 0.29) is 11.9 Å². The number of hydrogen-bond donors (Lipinski definition) is 2. The molecule has 15 heavy (non-hydrogen) atoms. The number of carbonyl (C=O) groups excluding carboxylic acids is 1. The van der Waals surface area contributed by atoms with E-state index < -0.39 is 0 Å². The Morgan fingerprint density at radius 2 is 2.07 bits per heavy atom. The van der Waals surface area contributed by atoms with Crippen LogP contribution in [-0.2, 0) is 16.0 Å². The number of rotatable bonds is 3. The van der Waals surface area contributed by atoms with E-state index in [4.69, 9.17) is 10.5 Å². The summed E-state index contributed by atoms with van der Waals surface area (Å²) in [5.74, 6) is 0.0353. The first-order valence-corrected chi connectivity index (χ1v) is 4.95. The van der Waals surface area contributed by atoms with Gasteiger partial charge in [-0.15, -0.1) is 0 Å². The van der Waals surface area contributed by atoms with Crippen LogP contribution in [0.5, 0.6) is 0 Å². The topological polar surface area (TPSA) is 64.4 Å². The highest BCUT2D eigenvalue weighted by molar-refractivity contribution is 5.79. The molecule has 0 aliphatic carbocycles. The summed E-state index contributed by atoms with van der Waals surface area (Å²) < 4.78 is 4.97. The van der Waals surface area contributed by atoms with Crippen LogP contribution in [0.25, 0.3) is 0 Å². The van der Waals surface area contributed by atoms with E-state index in [0.29, 0.717) is 25.3 Å². The maximum absolute atomic E-state index is 11.5. The summed E-state index contributed by atoms with van der Waals surface area (Å²) in [7, 11) is 0. The number of nitrogens with one attached hydrogen (secondary N) is 1. The minimum atomic E-state index is 0.0353. The summed E-state index contributed by atoms with van der Waals surface area (Å²) in [5.41, 5.74) is 7.24. The van der Waals surface area contributed by atoms with E-state index >= 15 is 0 Å². The quantitative estimate of drug-likeness (QED) is 0.700. The molecule has 0 saturated carbocycles. The number of nitrogens with two attached hydrogens (primary N) is 1. The molecular weight excluding hydrogens is 192 g/mol. The molecule has 1 aromatic carbocycles. The number of carbonyl (C=O) groups is 1. The second-order valence-corrected chi connectivity index (χ2v) is 3.72. The molecule has 3 N–H and O–H groups in total. The zero-order chi connectivity index (χ0) is 10.7. The van der Waals surface area contributed by atoms with Crippen LogP contribution in [0.15, 0.2) is 24.3 Å². The molecule has 4 nitrogen and oxygen atoms in total. The third-order valence-electron chi connectivity index (χ3n) is 2.35. The van der Waals surface area contributed by atoms with Gasteiger partial charge in [0.15, 0.2) is 0 Å². The Hall–Kier alpha value is -1.55. The van der Waals surface area contributed by atoms with Crippen molar-refractivity contribution in [1.29, 1.82) is 0 Å².